The highest BCUT2D eigenvalue weighted by Gasteiger charge is 2.21. The summed E-state index contributed by atoms with van der Waals surface area (Å²) >= 11 is 0. The molecule has 1 N–H and O–H groups in total. The number of para-hydroxylation sites is 2. The van der Waals surface area contributed by atoms with Gasteiger partial charge in [-0.25, -0.2) is 9.18 Å². The average molecular weight is 345 g/mol. The molecule has 2 aromatic carbocycles. The number of carbonyl (C=O) groups is 2. The molecule has 1 amide bonds. The van der Waals surface area contributed by atoms with Crippen molar-refractivity contribution in [3.05, 3.63) is 59.9 Å². The Labute approximate surface area is 143 Å². The van der Waals surface area contributed by atoms with E-state index in [1.54, 1.807) is 12.1 Å². The molecule has 0 saturated carbocycles. The number of carbonyl (C=O) groups excluding carboxylic acids is 2. The second-order valence-electron chi connectivity index (χ2n) is 5.36. The summed E-state index contributed by atoms with van der Waals surface area (Å²) in [5.41, 5.74) is -0.212. The second kappa shape index (κ2) is 7.65. The molecule has 2 aromatic rings. The number of nitrogens with one attached hydrogen (secondary N) is 1. The molecule has 0 saturated heterocycles. The van der Waals surface area contributed by atoms with E-state index in [1.807, 2.05) is 12.1 Å². The molecule has 7 heteroatoms. The van der Waals surface area contributed by atoms with E-state index in [2.05, 4.69) is 5.32 Å². The molecule has 0 fully saturated rings. The average Bonchev–Trinajstić information content (AvgIpc) is 2.64. The first-order valence-corrected chi connectivity index (χ1v) is 7.70. The molecule has 0 aliphatic carbocycles. The van der Waals surface area contributed by atoms with Gasteiger partial charge in [0.2, 0.25) is 0 Å². The van der Waals surface area contributed by atoms with Crippen LogP contribution < -0.4 is 14.8 Å². The molecule has 1 atom stereocenters. The number of esters is 1. The Kier molecular flexibility index (Phi) is 5.13. The highest BCUT2D eigenvalue weighted by molar-refractivity contribution is 5.91. The van der Waals surface area contributed by atoms with Crippen LogP contribution in [-0.2, 0) is 9.53 Å². The number of benzene rings is 2. The van der Waals surface area contributed by atoms with E-state index in [-0.39, 0.29) is 18.2 Å². The van der Waals surface area contributed by atoms with Gasteiger partial charge in [0.1, 0.15) is 18.5 Å². The van der Waals surface area contributed by atoms with E-state index in [9.17, 15) is 14.0 Å². The Bertz CT molecular complexity index is 780. The molecule has 1 heterocycles. The van der Waals surface area contributed by atoms with E-state index in [4.69, 9.17) is 14.2 Å². The first-order chi connectivity index (χ1) is 12.1. The van der Waals surface area contributed by atoms with E-state index < -0.39 is 24.3 Å². The van der Waals surface area contributed by atoms with Crippen molar-refractivity contribution in [3.8, 4) is 11.5 Å². The fourth-order valence-electron chi connectivity index (χ4n) is 2.28. The molecule has 0 aromatic heterocycles. The van der Waals surface area contributed by atoms with Crippen molar-refractivity contribution < 1.29 is 28.2 Å². The van der Waals surface area contributed by atoms with Crippen LogP contribution in [0.25, 0.3) is 0 Å². The van der Waals surface area contributed by atoms with Crippen molar-refractivity contribution in [2.45, 2.75) is 6.10 Å². The van der Waals surface area contributed by atoms with Crippen LogP contribution in [0.5, 0.6) is 11.5 Å². The van der Waals surface area contributed by atoms with Crippen LogP contribution in [0.4, 0.5) is 4.39 Å². The van der Waals surface area contributed by atoms with Gasteiger partial charge < -0.3 is 19.5 Å². The molecule has 0 bridgehead atoms. The van der Waals surface area contributed by atoms with Gasteiger partial charge in [-0.2, -0.15) is 0 Å². The van der Waals surface area contributed by atoms with Crippen molar-refractivity contribution in [3.63, 3.8) is 0 Å². The third-order valence-electron chi connectivity index (χ3n) is 3.52. The maximum atomic E-state index is 13.4. The molecular weight excluding hydrogens is 329 g/mol. The van der Waals surface area contributed by atoms with Crippen LogP contribution in [0, 0.1) is 5.82 Å². The SMILES string of the molecule is O=C(COC(=O)c1ccccc1F)NCC1COc2ccccc2O1. The first kappa shape index (κ1) is 16.8. The Balaban J connectivity index is 1.43. The lowest BCUT2D eigenvalue weighted by Gasteiger charge is -2.26. The lowest BCUT2D eigenvalue weighted by molar-refractivity contribution is -0.124. The van der Waals surface area contributed by atoms with Crippen LogP contribution in [0.2, 0.25) is 0 Å². The Morgan fingerprint density at radius 3 is 2.64 bits per heavy atom. The zero-order chi connectivity index (χ0) is 17.6. The molecule has 1 aliphatic rings. The summed E-state index contributed by atoms with van der Waals surface area (Å²) in [6.45, 7) is -0.00590. The van der Waals surface area contributed by atoms with Gasteiger partial charge in [-0.15, -0.1) is 0 Å². The zero-order valence-corrected chi connectivity index (χ0v) is 13.2. The maximum Gasteiger partial charge on any atom is 0.341 e. The first-order valence-electron chi connectivity index (χ1n) is 7.70. The molecule has 1 unspecified atom stereocenters. The predicted molar refractivity (Wildman–Crippen MR) is 86.0 cm³/mol. The van der Waals surface area contributed by atoms with E-state index in [1.165, 1.54) is 18.2 Å². The maximum absolute atomic E-state index is 13.4. The van der Waals surface area contributed by atoms with Gasteiger partial charge in [-0.05, 0) is 24.3 Å². The molecule has 3 rings (SSSR count). The van der Waals surface area contributed by atoms with Gasteiger partial charge in [0.05, 0.1) is 12.1 Å². The number of fused-ring (bicyclic) bond motifs is 1. The van der Waals surface area contributed by atoms with Crippen molar-refractivity contribution in [1.29, 1.82) is 0 Å². The van der Waals surface area contributed by atoms with Gasteiger partial charge in [-0.3, -0.25) is 4.79 Å². The molecule has 130 valence electrons. The Morgan fingerprint density at radius 2 is 1.84 bits per heavy atom. The zero-order valence-electron chi connectivity index (χ0n) is 13.2. The number of ether oxygens (including phenoxy) is 3. The van der Waals surface area contributed by atoms with E-state index in [0.717, 1.165) is 6.07 Å². The fourth-order valence-corrected chi connectivity index (χ4v) is 2.28. The van der Waals surface area contributed by atoms with Gasteiger partial charge >= 0.3 is 5.97 Å². The summed E-state index contributed by atoms with van der Waals surface area (Å²) in [5.74, 6) is -0.825. The van der Waals surface area contributed by atoms with Gasteiger partial charge in [0.25, 0.3) is 5.91 Å². The van der Waals surface area contributed by atoms with Gasteiger partial charge in [0, 0.05) is 0 Å². The number of halogens is 1. The Morgan fingerprint density at radius 1 is 1.12 bits per heavy atom. The third kappa shape index (κ3) is 4.26. The van der Waals surface area contributed by atoms with Crippen molar-refractivity contribution in [2.24, 2.45) is 0 Å². The summed E-state index contributed by atoms with van der Waals surface area (Å²) in [6.07, 6.45) is -0.346. The molecular formula is C18H16FNO5. The van der Waals surface area contributed by atoms with Crippen molar-refractivity contribution in [2.75, 3.05) is 19.8 Å². The van der Waals surface area contributed by atoms with Crippen LogP contribution in [0.1, 0.15) is 10.4 Å². The van der Waals surface area contributed by atoms with Crippen molar-refractivity contribution >= 4 is 11.9 Å². The normalized spacial score (nSPS) is 15.3. The Hall–Kier alpha value is -3.09. The lowest BCUT2D eigenvalue weighted by atomic mass is 10.2. The second-order valence-corrected chi connectivity index (χ2v) is 5.36. The van der Waals surface area contributed by atoms with E-state index in [0.29, 0.717) is 18.1 Å². The summed E-state index contributed by atoms with van der Waals surface area (Å²) in [7, 11) is 0. The smallest absolute Gasteiger partial charge is 0.341 e. The van der Waals surface area contributed by atoms with Crippen LogP contribution >= 0.6 is 0 Å². The molecule has 0 radical (unpaired) electrons. The molecule has 25 heavy (non-hydrogen) atoms. The number of rotatable bonds is 5. The van der Waals surface area contributed by atoms with Crippen LogP contribution in [0.3, 0.4) is 0 Å². The third-order valence-corrected chi connectivity index (χ3v) is 3.52. The molecule has 0 spiro atoms. The fraction of sp³-hybridized carbons (Fsp3) is 0.222. The molecule has 6 nitrogen and oxygen atoms in total. The summed E-state index contributed by atoms with van der Waals surface area (Å²) in [5, 5.41) is 2.59. The van der Waals surface area contributed by atoms with Crippen molar-refractivity contribution in [1.82, 2.24) is 5.32 Å². The standard InChI is InChI=1S/C18H16FNO5/c19-14-6-2-1-5-13(14)18(22)24-11-17(21)20-9-12-10-23-15-7-3-4-8-16(15)25-12/h1-8,12H,9-11H2,(H,20,21). The topological polar surface area (TPSA) is 73.9 Å². The predicted octanol–water partition coefficient (Wildman–Crippen LogP) is 1.94. The minimum absolute atomic E-state index is 0.199. The van der Waals surface area contributed by atoms with E-state index >= 15 is 0 Å². The summed E-state index contributed by atoms with van der Waals surface area (Å²) < 4.78 is 29.5. The minimum Gasteiger partial charge on any atom is -0.486 e. The van der Waals surface area contributed by atoms with Gasteiger partial charge in [-0.1, -0.05) is 24.3 Å². The van der Waals surface area contributed by atoms with Gasteiger partial charge in [0.15, 0.2) is 18.1 Å². The largest absolute Gasteiger partial charge is 0.486 e. The highest BCUT2D eigenvalue weighted by Crippen LogP contribution is 2.30. The van der Waals surface area contributed by atoms with Crippen LogP contribution in [0.15, 0.2) is 48.5 Å². The summed E-state index contributed by atoms with van der Waals surface area (Å²) in [6, 6.07) is 12.7. The summed E-state index contributed by atoms with van der Waals surface area (Å²) in [4.78, 5) is 23.5. The number of hydrogen-bond acceptors (Lipinski definition) is 5. The number of amides is 1. The highest BCUT2D eigenvalue weighted by atomic mass is 19.1. The van der Waals surface area contributed by atoms with Crippen LogP contribution in [-0.4, -0.2) is 37.7 Å². The molecule has 1 aliphatic heterocycles. The lowest BCUT2D eigenvalue weighted by Crippen LogP contribution is -2.42. The minimum atomic E-state index is -0.889. The quantitative estimate of drug-likeness (QED) is 0.839. The number of hydrogen-bond donors (Lipinski definition) is 1. The monoisotopic (exact) mass is 345 g/mol.